The van der Waals surface area contributed by atoms with Crippen molar-refractivity contribution >= 4 is 15.8 Å². The number of hydrogen-bond donors (Lipinski definition) is 0. The van der Waals surface area contributed by atoms with Gasteiger partial charge < -0.3 is 4.57 Å². The lowest BCUT2D eigenvalue weighted by atomic mass is 10.1. The summed E-state index contributed by atoms with van der Waals surface area (Å²) in [5.74, 6) is -0.844. The van der Waals surface area contributed by atoms with Gasteiger partial charge in [0.25, 0.3) is 0 Å². The van der Waals surface area contributed by atoms with Crippen LogP contribution in [0, 0.1) is 32.4 Å². The molecule has 4 rings (SSSR count). The van der Waals surface area contributed by atoms with Crippen LogP contribution in [0.5, 0.6) is 0 Å². The van der Waals surface area contributed by atoms with Gasteiger partial charge in [0, 0.05) is 48.8 Å². The molecule has 0 aliphatic carbocycles. The van der Waals surface area contributed by atoms with Crippen LogP contribution in [0.25, 0.3) is 5.69 Å². The minimum atomic E-state index is -3.73. The molecule has 0 bridgehead atoms. The van der Waals surface area contributed by atoms with E-state index >= 15 is 0 Å². The molecule has 0 saturated carbocycles. The molecule has 0 atom stereocenters. The highest BCUT2D eigenvalue weighted by molar-refractivity contribution is 7.89. The van der Waals surface area contributed by atoms with Gasteiger partial charge in [-0.05, 0) is 74.9 Å². The smallest absolute Gasteiger partial charge is 0.243 e. The lowest BCUT2D eigenvalue weighted by Gasteiger charge is -2.33. The number of ketones is 1. The molecule has 6 nitrogen and oxygen atoms in total. The first kappa shape index (κ1) is 24.3. The van der Waals surface area contributed by atoms with Gasteiger partial charge in [-0.2, -0.15) is 4.31 Å². The van der Waals surface area contributed by atoms with E-state index in [0.717, 1.165) is 23.1 Å². The highest BCUT2D eigenvalue weighted by Gasteiger charge is 2.30. The third-order valence-corrected chi connectivity index (χ3v) is 8.33. The van der Waals surface area contributed by atoms with Crippen molar-refractivity contribution in [2.45, 2.75) is 25.7 Å². The SMILES string of the molecule is Cc1cc(F)ccc1S(=O)(=O)N1CCN(CC(=O)c2cc(C)n(-c3ccc(F)cc3)c2C)CC1. The Morgan fingerprint density at radius 3 is 2.12 bits per heavy atom. The molecule has 1 aromatic heterocycles. The first-order valence-electron chi connectivity index (χ1n) is 11.0. The predicted molar refractivity (Wildman–Crippen MR) is 126 cm³/mol. The molecule has 3 aromatic rings. The van der Waals surface area contributed by atoms with Gasteiger partial charge in [-0.3, -0.25) is 9.69 Å². The van der Waals surface area contributed by atoms with Crippen LogP contribution in [0.15, 0.2) is 53.4 Å². The predicted octanol–water partition coefficient (Wildman–Crippen LogP) is 3.87. The van der Waals surface area contributed by atoms with Gasteiger partial charge in [-0.25, -0.2) is 17.2 Å². The van der Waals surface area contributed by atoms with Crippen molar-refractivity contribution in [2.24, 2.45) is 0 Å². The van der Waals surface area contributed by atoms with Crippen molar-refractivity contribution in [1.29, 1.82) is 0 Å². The fraction of sp³-hybridized carbons (Fsp3) is 0.320. The Balaban J connectivity index is 1.43. The Bertz CT molecular complexity index is 1330. The van der Waals surface area contributed by atoms with E-state index in [4.69, 9.17) is 0 Å². The number of aromatic nitrogens is 1. The lowest BCUT2D eigenvalue weighted by Crippen LogP contribution is -2.49. The van der Waals surface area contributed by atoms with Gasteiger partial charge in [0.1, 0.15) is 11.6 Å². The molecule has 1 aliphatic rings. The van der Waals surface area contributed by atoms with Crippen molar-refractivity contribution in [3.63, 3.8) is 0 Å². The number of rotatable bonds is 6. The van der Waals surface area contributed by atoms with Crippen LogP contribution in [0.3, 0.4) is 0 Å². The molecule has 9 heteroatoms. The standard InChI is InChI=1S/C25H27F2N3O3S/c1-17-14-21(27)6-9-25(17)34(32,33)29-12-10-28(11-13-29)16-24(31)23-15-18(2)30(19(23)3)22-7-4-20(26)5-8-22/h4-9,14-15H,10-13,16H2,1-3H3. The van der Waals surface area contributed by atoms with Gasteiger partial charge in [-0.1, -0.05) is 0 Å². The number of carbonyl (C=O) groups is 1. The van der Waals surface area contributed by atoms with Gasteiger partial charge in [0.05, 0.1) is 11.4 Å². The summed E-state index contributed by atoms with van der Waals surface area (Å²) in [7, 11) is -3.73. The van der Waals surface area contributed by atoms with Crippen LogP contribution in [0.2, 0.25) is 0 Å². The van der Waals surface area contributed by atoms with E-state index < -0.39 is 15.8 Å². The third kappa shape index (κ3) is 4.68. The Kier molecular flexibility index (Phi) is 6.71. The molecule has 180 valence electrons. The second-order valence-electron chi connectivity index (χ2n) is 8.61. The quantitative estimate of drug-likeness (QED) is 0.496. The number of halogens is 2. The molecule has 0 amide bonds. The van der Waals surface area contributed by atoms with Crippen molar-refractivity contribution in [2.75, 3.05) is 32.7 Å². The van der Waals surface area contributed by atoms with Crippen molar-refractivity contribution in [3.05, 3.63) is 82.7 Å². The highest BCUT2D eigenvalue weighted by atomic mass is 32.2. The molecule has 1 fully saturated rings. The number of aryl methyl sites for hydroxylation is 2. The van der Waals surface area contributed by atoms with E-state index in [9.17, 15) is 22.0 Å². The molecule has 0 radical (unpaired) electrons. The third-order valence-electron chi connectivity index (χ3n) is 6.27. The van der Waals surface area contributed by atoms with Crippen LogP contribution in [0.4, 0.5) is 8.78 Å². The van der Waals surface area contributed by atoms with Gasteiger partial charge in [-0.15, -0.1) is 0 Å². The molecule has 0 unspecified atom stereocenters. The Labute approximate surface area is 198 Å². The molecular formula is C25H27F2N3O3S. The fourth-order valence-corrected chi connectivity index (χ4v) is 6.12. The molecule has 2 aromatic carbocycles. The van der Waals surface area contributed by atoms with E-state index in [1.165, 1.54) is 28.6 Å². The monoisotopic (exact) mass is 487 g/mol. The topological polar surface area (TPSA) is 62.6 Å². The maximum Gasteiger partial charge on any atom is 0.243 e. The van der Waals surface area contributed by atoms with E-state index in [1.807, 2.05) is 29.4 Å². The average Bonchev–Trinajstić information content (AvgIpc) is 3.08. The minimum Gasteiger partial charge on any atom is -0.318 e. The summed E-state index contributed by atoms with van der Waals surface area (Å²) in [6, 6.07) is 11.6. The van der Waals surface area contributed by atoms with E-state index in [1.54, 1.807) is 19.1 Å². The average molecular weight is 488 g/mol. The highest BCUT2D eigenvalue weighted by Crippen LogP contribution is 2.24. The molecule has 0 spiro atoms. The van der Waals surface area contributed by atoms with Crippen LogP contribution in [0.1, 0.15) is 27.3 Å². The Hall–Kier alpha value is -2.88. The number of sulfonamides is 1. The maximum atomic E-state index is 13.4. The number of benzene rings is 2. The zero-order valence-corrected chi connectivity index (χ0v) is 20.2. The Morgan fingerprint density at radius 2 is 1.50 bits per heavy atom. The zero-order chi connectivity index (χ0) is 24.6. The van der Waals surface area contributed by atoms with Gasteiger partial charge >= 0.3 is 0 Å². The number of piperazine rings is 1. The fourth-order valence-electron chi connectivity index (χ4n) is 4.49. The summed E-state index contributed by atoms with van der Waals surface area (Å²) in [6.45, 7) is 6.85. The first-order chi connectivity index (χ1) is 16.1. The molecule has 1 saturated heterocycles. The largest absolute Gasteiger partial charge is 0.318 e. The summed E-state index contributed by atoms with van der Waals surface area (Å²) in [4.78, 5) is 15.1. The summed E-state index contributed by atoms with van der Waals surface area (Å²) in [6.07, 6.45) is 0. The summed E-state index contributed by atoms with van der Waals surface area (Å²) < 4.78 is 56.0. The molecular weight excluding hydrogens is 460 g/mol. The summed E-state index contributed by atoms with van der Waals surface area (Å²) >= 11 is 0. The van der Waals surface area contributed by atoms with Crippen LogP contribution >= 0.6 is 0 Å². The van der Waals surface area contributed by atoms with Crippen molar-refractivity contribution in [1.82, 2.24) is 13.8 Å². The number of hydrogen-bond acceptors (Lipinski definition) is 4. The second-order valence-corrected chi connectivity index (χ2v) is 10.5. The van der Waals surface area contributed by atoms with Gasteiger partial charge in [0.2, 0.25) is 10.0 Å². The summed E-state index contributed by atoms with van der Waals surface area (Å²) in [5.41, 5.74) is 3.40. The second kappa shape index (κ2) is 9.40. The molecule has 1 aliphatic heterocycles. The molecule has 2 heterocycles. The van der Waals surface area contributed by atoms with Crippen LogP contribution < -0.4 is 0 Å². The number of nitrogens with zero attached hydrogens (tertiary/aromatic N) is 3. The number of Topliss-reactive ketones (excluding diaryl/α,β-unsaturated/α-hetero) is 1. The zero-order valence-electron chi connectivity index (χ0n) is 19.4. The normalized spacial score (nSPS) is 15.6. The van der Waals surface area contributed by atoms with Crippen LogP contribution in [-0.4, -0.2) is 60.7 Å². The lowest BCUT2D eigenvalue weighted by molar-refractivity contribution is 0.0901. The Morgan fingerprint density at radius 1 is 0.882 bits per heavy atom. The number of carbonyl (C=O) groups excluding carboxylic acids is 1. The van der Waals surface area contributed by atoms with E-state index in [2.05, 4.69) is 0 Å². The molecule has 34 heavy (non-hydrogen) atoms. The van der Waals surface area contributed by atoms with Crippen molar-refractivity contribution < 1.29 is 22.0 Å². The van der Waals surface area contributed by atoms with Crippen molar-refractivity contribution in [3.8, 4) is 5.69 Å². The van der Waals surface area contributed by atoms with Gasteiger partial charge in [0.15, 0.2) is 5.78 Å². The van der Waals surface area contributed by atoms with Crippen LogP contribution in [-0.2, 0) is 10.0 Å². The van der Waals surface area contributed by atoms with E-state index in [-0.39, 0.29) is 36.1 Å². The van der Waals surface area contributed by atoms with E-state index in [0.29, 0.717) is 24.2 Å². The molecule has 0 N–H and O–H groups in total. The first-order valence-corrected chi connectivity index (χ1v) is 12.5. The minimum absolute atomic E-state index is 0.0489. The maximum absolute atomic E-state index is 13.4. The summed E-state index contributed by atoms with van der Waals surface area (Å²) in [5, 5.41) is 0.